The van der Waals surface area contributed by atoms with Gasteiger partial charge in [0.1, 0.15) is 6.04 Å². The number of carbonyl (C=O) groups is 4. The van der Waals surface area contributed by atoms with Gasteiger partial charge in [-0.05, 0) is 43.9 Å². The molecule has 3 N–H and O–H groups in total. The van der Waals surface area contributed by atoms with E-state index >= 15 is 0 Å². The Labute approximate surface area is 150 Å². The maximum atomic E-state index is 12.7. The molecule has 8 nitrogen and oxygen atoms in total. The topological polar surface area (TPSA) is 116 Å². The summed E-state index contributed by atoms with van der Waals surface area (Å²) in [5.74, 6) is -2.02. The van der Waals surface area contributed by atoms with Gasteiger partial charge in [-0.2, -0.15) is 0 Å². The van der Waals surface area contributed by atoms with Gasteiger partial charge in [-0.3, -0.25) is 29.4 Å². The number of unbranched alkanes of at least 4 members (excludes halogenated alkanes) is 2. The summed E-state index contributed by atoms with van der Waals surface area (Å²) in [6, 6.07) is 3.98. The number of piperidine rings is 1. The predicted octanol–water partition coefficient (Wildman–Crippen LogP) is 0.662. The second-order valence-electron chi connectivity index (χ2n) is 6.42. The molecule has 0 saturated carbocycles. The number of nitrogens with one attached hydrogen (secondary N) is 2. The summed E-state index contributed by atoms with van der Waals surface area (Å²) in [6.07, 6.45) is 2.78. The van der Waals surface area contributed by atoms with Crippen molar-refractivity contribution in [2.24, 2.45) is 0 Å². The molecule has 0 spiro atoms. The van der Waals surface area contributed by atoms with Gasteiger partial charge in [0.05, 0.1) is 11.1 Å². The normalized spacial score (nSPS) is 19.6. The lowest BCUT2D eigenvalue weighted by molar-refractivity contribution is -0.136. The molecule has 4 amide bonds. The summed E-state index contributed by atoms with van der Waals surface area (Å²) < 4.78 is 0. The van der Waals surface area contributed by atoms with Crippen molar-refractivity contribution >= 4 is 29.3 Å². The van der Waals surface area contributed by atoms with Gasteiger partial charge in [-0.1, -0.05) is 0 Å². The van der Waals surface area contributed by atoms with E-state index in [4.69, 9.17) is 5.11 Å². The summed E-state index contributed by atoms with van der Waals surface area (Å²) in [5, 5.41) is 14.1. The first-order valence-corrected chi connectivity index (χ1v) is 8.73. The first-order valence-electron chi connectivity index (χ1n) is 8.73. The van der Waals surface area contributed by atoms with Crippen LogP contribution in [0.2, 0.25) is 0 Å². The lowest BCUT2D eigenvalue weighted by Gasteiger charge is -2.27. The highest BCUT2D eigenvalue weighted by Crippen LogP contribution is 2.29. The molecule has 8 heteroatoms. The number of anilines is 1. The summed E-state index contributed by atoms with van der Waals surface area (Å²) >= 11 is 0. The molecule has 2 aliphatic rings. The average molecular weight is 359 g/mol. The molecule has 1 aromatic carbocycles. The monoisotopic (exact) mass is 359 g/mol. The molecule has 1 unspecified atom stereocenters. The van der Waals surface area contributed by atoms with E-state index < -0.39 is 29.7 Å². The van der Waals surface area contributed by atoms with Crippen LogP contribution in [0.3, 0.4) is 0 Å². The maximum Gasteiger partial charge on any atom is 0.262 e. The smallest absolute Gasteiger partial charge is 0.262 e. The molecule has 26 heavy (non-hydrogen) atoms. The highest BCUT2D eigenvalue weighted by molar-refractivity contribution is 6.23. The van der Waals surface area contributed by atoms with Crippen molar-refractivity contribution in [2.75, 3.05) is 18.5 Å². The standard InChI is InChI=1S/C18H21N3O5/c22-9-3-1-2-8-19-11-4-5-12-13(10-11)18(26)21(17(12)25)14-6-7-15(23)20-16(14)24/h4-5,10,14,19,22H,1-3,6-9H2,(H,20,23,24). The largest absolute Gasteiger partial charge is 0.396 e. The molecule has 138 valence electrons. The fourth-order valence-electron chi connectivity index (χ4n) is 3.23. The number of hydrogen-bond acceptors (Lipinski definition) is 6. The number of imide groups is 2. The molecule has 0 bridgehead atoms. The number of aliphatic hydroxyl groups is 1. The Bertz CT molecular complexity index is 761. The molecular weight excluding hydrogens is 338 g/mol. The molecule has 1 atom stereocenters. The molecule has 0 radical (unpaired) electrons. The minimum absolute atomic E-state index is 0.102. The Morgan fingerprint density at radius 2 is 1.85 bits per heavy atom. The van der Waals surface area contributed by atoms with Gasteiger partial charge in [0.2, 0.25) is 11.8 Å². The fourth-order valence-corrected chi connectivity index (χ4v) is 3.23. The van der Waals surface area contributed by atoms with Gasteiger partial charge in [-0.15, -0.1) is 0 Å². The van der Waals surface area contributed by atoms with Gasteiger partial charge in [0.25, 0.3) is 11.8 Å². The second-order valence-corrected chi connectivity index (χ2v) is 6.42. The molecule has 1 aromatic rings. The van der Waals surface area contributed by atoms with Gasteiger partial charge < -0.3 is 10.4 Å². The van der Waals surface area contributed by atoms with E-state index in [-0.39, 0.29) is 30.6 Å². The highest BCUT2D eigenvalue weighted by atomic mass is 16.3. The van der Waals surface area contributed by atoms with Crippen molar-refractivity contribution < 1.29 is 24.3 Å². The third-order valence-electron chi connectivity index (χ3n) is 4.60. The predicted molar refractivity (Wildman–Crippen MR) is 92.5 cm³/mol. The van der Waals surface area contributed by atoms with Crippen molar-refractivity contribution in [1.29, 1.82) is 0 Å². The fraction of sp³-hybridized carbons (Fsp3) is 0.444. The van der Waals surface area contributed by atoms with E-state index in [1.807, 2.05) is 0 Å². The first kappa shape index (κ1) is 18.1. The van der Waals surface area contributed by atoms with Crippen LogP contribution in [0.1, 0.15) is 52.8 Å². The number of carbonyl (C=O) groups excluding carboxylic acids is 4. The molecular formula is C18H21N3O5. The third kappa shape index (κ3) is 3.45. The van der Waals surface area contributed by atoms with Gasteiger partial charge in [0, 0.05) is 25.3 Å². The SMILES string of the molecule is O=C1CCC(N2C(=O)c3ccc(NCCCCCO)cc3C2=O)C(=O)N1. The summed E-state index contributed by atoms with van der Waals surface area (Å²) in [7, 11) is 0. The maximum absolute atomic E-state index is 12.7. The summed E-state index contributed by atoms with van der Waals surface area (Å²) in [4.78, 5) is 49.5. The van der Waals surface area contributed by atoms with Crippen LogP contribution >= 0.6 is 0 Å². The van der Waals surface area contributed by atoms with E-state index in [2.05, 4.69) is 10.6 Å². The minimum atomic E-state index is -0.949. The van der Waals surface area contributed by atoms with Gasteiger partial charge >= 0.3 is 0 Å². The Kier molecular flexibility index (Phi) is 5.32. The summed E-state index contributed by atoms with van der Waals surface area (Å²) in [5.41, 5.74) is 1.25. The molecule has 1 saturated heterocycles. The number of nitrogens with zero attached hydrogens (tertiary/aromatic N) is 1. The molecule has 3 rings (SSSR count). The number of amides is 4. The quantitative estimate of drug-likeness (QED) is 0.487. The minimum Gasteiger partial charge on any atom is -0.396 e. The Balaban J connectivity index is 1.71. The zero-order chi connectivity index (χ0) is 18.7. The molecule has 2 aliphatic heterocycles. The second kappa shape index (κ2) is 7.65. The molecule has 1 fully saturated rings. The number of hydrogen-bond donors (Lipinski definition) is 3. The van der Waals surface area contributed by atoms with Gasteiger partial charge in [0.15, 0.2) is 0 Å². The average Bonchev–Trinajstić information content (AvgIpc) is 2.86. The van der Waals surface area contributed by atoms with Crippen LogP contribution in [0, 0.1) is 0 Å². The Hall–Kier alpha value is -2.74. The van der Waals surface area contributed by atoms with Gasteiger partial charge in [-0.25, -0.2) is 0 Å². The van der Waals surface area contributed by atoms with Crippen molar-refractivity contribution in [1.82, 2.24) is 10.2 Å². The van der Waals surface area contributed by atoms with Crippen LogP contribution in [0.15, 0.2) is 18.2 Å². The van der Waals surface area contributed by atoms with E-state index in [9.17, 15) is 19.2 Å². The van der Waals surface area contributed by atoms with Crippen LogP contribution in [0.25, 0.3) is 0 Å². The van der Waals surface area contributed by atoms with Crippen LogP contribution in [0.4, 0.5) is 5.69 Å². The van der Waals surface area contributed by atoms with E-state index in [0.29, 0.717) is 6.54 Å². The molecule has 0 aliphatic carbocycles. The van der Waals surface area contributed by atoms with E-state index in [1.54, 1.807) is 18.2 Å². The van der Waals surface area contributed by atoms with E-state index in [0.717, 1.165) is 29.8 Å². The Morgan fingerprint density at radius 1 is 1.08 bits per heavy atom. The summed E-state index contributed by atoms with van der Waals surface area (Å²) in [6.45, 7) is 0.864. The zero-order valence-electron chi connectivity index (χ0n) is 14.3. The Morgan fingerprint density at radius 3 is 2.58 bits per heavy atom. The molecule has 0 aromatic heterocycles. The van der Waals surface area contributed by atoms with E-state index in [1.165, 1.54) is 0 Å². The van der Waals surface area contributed by atoms with Crippen LogP contribution in [-0.2, 0) is 9.59 Å². The number of aliphatic hydroxyl groups excluding tert-OH is 1. The number of fused-ring (bicyclic) bond motifs is 1. The zero-order valence-corrected chi connectivity index (χ0v) is 14.3. The van der Waals surface area contributed by atoms with Crippen LogP contribution < -0.4 is 10.6 Å². The van der Waals surface area contributed by atoms with Crippen molar-refractivity contribution in [2.45, 2.75) is 38.1 Å². The van der Waals surface area contributed by atoms with Crippen LogP contribution in [0.5, 0.6) is 0 Å². The third-order valence-corrected chi connectivity index (χ3v) is 4.60. The first-order chi connectivity index (χ1) is 12.5. The van der Waals surface area contributed by atoms with Crippen molar-refractivity contribution in [3.63, 3.8) is 0 Å². The van der Waals surface area contributed by atoms with Crippen molar-refractivity contribution in [3.8, 4) is 0 Å². The highest BCUT2D eigenvalue weighted by Gasteiger charge is 2.44. The lowest BCUT2D eigenvalue weighted by Crippen LogP contribution is -2.54. The number of benzene rings is 1. The van der Waals surface area contributed by atoms with Crippen molar-refractivity contribution in [3.05, 3.63) is 29.3 Å². The van der Waals surface area contributed by atoms with Crippen LogP contribution in [-0.4, -0.2) is 52.8 Å². The molecule has 2 heterocycles. The lowest BCUT2D eigenvalue weighted by atomic mass is 10.0. The number of rotatable bonds is 7.